The fourth-order valence-corrected chi connectivity index (χ4v) is 3.03. The van der Waals surface area contributed by atoms with Gasteiger partial charge < -0.3 is 0 Å². The Morgan fingerprint density at radius 3 is 1.89 bits per heavy atom. The van der Waals surface area contributed by atoms with Gasteiger partial charge in [0, 0.05) is 0 Å². The van der Waals surface area contributed by atoms with Crippen LogP contribution in [0.5, 0.6) is 0 Å². The molecule has 0 atom stereocenters. The molecule has 0 N–H and O–H groups in total. The molecule has 4 rings (SSSR count). The summed E-state index contributed by atoms with van der Waals surface area (Å²) in [5.74, 6) is 0. The molecule has 0 amide bonds. The summed E-state index contributed by atoms with van der Waals surface area (Å²) in [6.45, 7) is 8.74. The number of hydrogen-bond donors (Lipinski definition) is 0. The first-order valence-electron chi connectivity index (χ1n) is 10.0. The Balaban J connectivity index is 0.000000210. The third kappa shape index (κ3) is 7.29. The van der Waals surface area contributed by atoms with Crippen LogP contribution in [0, 0.1) is 13.8 Å². The van der Waals surface area contributed by atoms with E-state index in [1.807, 2.05) is 30.3 Å². The normalized spacial score (nSPS) is 9.93. The van der Waals surface area contributed by atoms with E-state index in [2.05, 4.69) is 82.3 Å². The monoisotopic (exact) mass is 444 g/mol. The largest absolute Gasteiger partial charge is 0.214 e. The molecule has 4 aromatic rings. The van der Waals surface area contributed by atoms with E-state index in [0.29, 0.717) is 0 Å². The zero-order valence-corrected chi connectivity index (χ0v) is 20.0. The maximum Gasteiger partial charge on any atom is -0.0404 e. The topological polar surface area (TPSA) is 0 Å². The van der Waals surface area contributed by atoms with Gasteiger partial charge >= 0.3 is 54.1 Å². The van der Waals surface area contributed by atoms with Crippen LogP contribution in [0.3, 0.4) is 0 Å². The van der Waals surface area contributed by atoms with Gasteiger partial charge in [-0.25, -0.2) is 12.1 Å². The van der Waals surface area contributed by atoms with Crippen LogP contribution >= 0.6 is 0 Å². The first kappa shape index (κ1) is 22.4. The van der Waals surface area contributed by atoms with E-state index in [9.17, 15) is 0 Å². The molecular formula is C27H30Zr. The molecule has 0 spiro atoms. The number of fused-ring (bicyclic) bond motifs is 1. The van der Waals surface area contributed by atoms with Gasteiger partial charge in [-0.1, -0.05) is 53.1 Å². The molecule has 0 saturated heterocycles. The number of hydrogen-bond acceptors (Lipinski definition) is 0. The van der Waals surface area contributed by atoms with E-state index in [4.69, 9.17) is 0 Å². The van der Waals surface area contributed by atoms with Crippen LogP contribution in [-0.4, -0.2) is 3.21 Å². The van der Waals surface area contributed by atoms with Crippen molar-refractivity contribution >= 4 is 14.0 Å². The summed E-state index contributed by atoms with van der Waals surface area (Å²) in [5, 5.41) is 2.64. The second-order valence-electron chi connectivity index (χ2n) is 7.02. The van der Waals surface area contributed by atoms with Crippen molar-refractivity contribution in [3.05, 3.63) is 96.1 Å². The van der Waals surface area contributed by atoms with Gasteiger partial charge in [-0.3, -0.25) is 0 Å². The van der Waals surface area contributed by atoms with Gasteiger partial charge in [-0.05, 0) is 13.8 Å². The average Bonchev–Trinajstić information content (AvgIpc) is 3.39. The number of rotatable bonds is 3. The molecule has 0 aromatic heterocycles. The Labute approximate surface area is 185 Å². The fraction of sp³-hybridized carbons (Fsp3) is 0.222. The maximum atomic E-state index is 2.27. The van der Waals surface area contributed by atoms with Crippen molar-refractivity contribution < 1.29 is 24.2 Å². The van der Waals surface area contributed by atoms with Crippen molar-refractivity contribution in [2.75, 3.05) is 0 Å². The fourth-order valence-electron chi connectivity index (χ4n) is 3.03. The zero-order valence-electron chi connectivity index (χ0n) is 17.5. The zero-order chi connectivity index (χ0) is 20.4. The SMILES string of the molecule is CC[C](=[Zr+2])CC.Cc1cc(C)cc(-c2cc3ccccc3[cH-]2)c1.c1cc[cH-]c1. The van der Waals surface area contributed by atoms with E-state index in [1.165, 1.54) is 45.9 Å². The summed E-state index contributed by atoms with van der Waals surface area (Å²) in [7, 11) is 0. The van der Waals surface area contributed by atoms with E-state index >= 15 is 0 Å². The molecule has 0 bridgehead atoms. The van der Waals surface area contributed by atoms with Gasteiger partial charge in [0.25, 0.3) is 0 Å². The Kier molecular flexibility index (Phi) is 9.52. The van der Waals surface area contributed by atoms with Crippen LogP contribution in [0.2, 0.25) is 0 Å². The molecule has 4 aromatic carbocycles. The predicted octanol–water partition coefficient (Wildman–Crippen LogP) is 7.77. The van der Waals surface area contributed by atoms with Gasteiger partial charge in [0.15, 0.2) is 0 Å². The molecule has 0 aliphatic heterocycles. The van der Waals surface area contributed by atoms with E-state index in [-0.39, 0.29) is 0 Å². The van der Waals surface area contributed by atoms with E-state index < -0.39 is 0 Å². The van der Waals surface area contributed by atoms with Crippen LogP contribution in [-0.2, 0) is 24.2 Å². The number of aryl methyl sites for hydroxylation is 2. The molecule has 142 valence electrons. The summed E-state index contributed by atoms with van der Waals surface area (Å²) < 4.78 is 1.68. The van der Waals surface area contributed by atoms with Crippen LogP contribution in [0.4, 0.5) is 0 Å². The second-order valence-corrected chi connectivity index (χ2v) is 8.76. The minimum absolute atomic E-state index is 1.29. The van der Waals surface area contributed by atoms with Crippen molar-refractivity contribution in [3.63, 3.8) is 0 Å². The molecule has 0 aliphatic carbocycles. The molecule has 28 heavy (non-hydrogen) atoms. The van der Waals surface area contributed by atoms with Crippen molar-refractivity contribution in [3.8, 4) is 11.1 Å². The molecular weight excluding hydrogens is 416 g/mol. The molecule has 0 unspecified atom stereocenters. The Hall–Kier alpha value is -1.85. The second kappa shape index (κ2) is 11.9. The third-order valence-electron chi connectivity index (χ3n) is 4.58. The van der Waals surface area contributed by atoms with Crippen molar-refractivity contribution in [2.24, 2.45) is 0 Å². The molecule has 0 radical (unpaired) electrons. The quantitative estimate of drug-likeness (QED) is 0.282. The van der Waals surface area contributed by atoms with Crippen LogP contribution in [0.15, 0.2) is 84.9 Å². The van der Waals surface area contributed by atoms with Gasteiger partial charge in [0.05, 0.1) is 0 Å². The van der Waals surface area contributed by atoms with Crippen molar-refractivity contribution in [2.45, 2.75) is 40.5 Å². The van der Waals surface area contributed by atoms with Gasteiger partial charge in [-0.15, -0.1) is 34.5 Å². The van der Waals surface area contributed by atoms with Crippen LogP contribution in [0.1, 0.15) is 37.8 Å². The maximum absolute atomic E-state index is 2.27. The van der Waals surface area contributed by atoms with Crippen LogP contribution in [0.25, 0.3) is 21.9 Å². The predicted molar refractivity (Wildman–Crippen MR) is 122 cm³/mol. The summed E-state index contributed by atoms with van der Waals surface area (Å²) >= 11 is 1.62. The van der Waals surface area contributed by atoms with Crippen LogP contribution < -0.4 is 0 Å². The van der Waals surface area contributed by atoms with Gasteiger partial charge in [0.1, 0.15) is 0 Å². The summed E-state index contributed by atoms with van der Waals surface area (Å²) in [6, 6.07) is 29.8. The van der Waals surface area contributed by atoms with Crippen molar-refractivity contribution in [1.29, 1.82) is 0 Å². The minimum Gasteiger partial charge on any atom is -0.214 e. The van der Waals surface area contributed by atoms with E-state index in [1.54, 1.807) is 27.4 Å². The molecule has 0 aliphatic rings. The minimum atomic E-state index is 1.29. The summed E-state index contributed by atoms with van der Waals surface area (Å²) in [5.41, 5.74) is 5.28. The Morgan fingerprint density at radius 2 is 1.43 bits per heavy atom. The third-order valence-corrected chi connectivity index (χ3v) is 6.32. The first-order valence-corrected chi connectivity index (χ1v) is 11.2. The van der Waals surface area contributed by atoms with Gasteiger partial charge in [-0.2, -0.15) is 18.2 Å². The molecule has 0 nitrogen and oxygen atoms in total. The first-order chi connectivity index (χ1) is 13.5. The summed E-state index contributed by atoms with van der Waals surface area (Å²) in [4.78, 5) is 0. The van der Waals surface area contributed by atoms with Crippen molar-refractivity contribution in [1.82, 2.24) is 0 Å². The smallest absolute Gasteiger partial charge is 0.0404 e. The molecule has 0 saturated carbocycles. The standard InChI is InChI=1S/C17H15.C5H5.C5H10.Zr/c1-12-7-13(2)9-16(8-12)17-10-14-5-3-4-6-15(14)11-17;1-2-4-5-3-1;1-3-5-4-2;/h3-11H,1-2H3;1-5H;3-4H2,1-2H3;/q2*-1;;+2. The Bertz CT molecular complexity index is 894. The van der Waals surface area contributed by atoms with E-state index in [0.717, 1.165) is 0 Å². The van der Waals surface area contributed by atoms with Gasteiger partial charge in [0.2, 0.25) is 0 Å². The average molecular weight is 446 g/mol. The molecule has 0 fully saturated rings. The Morgan fingerprint density at radius 1 is 0.821 bits per heavy atom. The summed E-state index contributed by atoms with van der Waals surface area (Å²) in [6.07, 6.45) is 2.57. The molecule has 1 heteroatoms. The molecule has 0 heterocycles. The number of benzene rings is 2.